The molecule has 1 heterocycles. The standard InChI is InChI=1S/C27H28F2N2O4S/c1-16-23(19-8-5-9-20(14-19)26(28)29)25(32)22(15-30-16)27(33)31-24(17-6-3-4-7-17)18-10-12-21(13-11-18)36(2,34)35/h5,8-15,17,23-24,26H,3-4,6-7H2,1-2H3,(H,31,33). The molecular formula is C27H28F2N2O4S. The number of carbonyl (C=O) groups is 2. The van der Waals surface area contributed by atoms with Crippen molar-refractivity contribution < 1.29 is 26.8 Å². The predicted molar refractivity (Wildman–Crippen MR) is 133 cm³/mol. The Kier molecular flexibility index (Phi) is 7.49. The highest BCUT2D eigenvalue weighted by atomic mass is 32.2. The summed E-state index contributed by atoms with van der Waals surface area (Å²) < 4.78 is 50.2. The fourth-order valence-corrected chi connectivity index (χ4v) is 5.62. The molecule has 1 saturated carbocycles. The number of Topliss-reactive ketones (excluding diaryl/α,β-unsaturated/α-hetero) is 1. The number of halogens is 2. The number of amides is 1. The molecule has 1 N–H and O–H groups in total. The molecule has 9 heteroatoms. The lowest BCUT2D eigenvalue weighted by atomic mass is 9.84. The molecule has 2 atom stereocenters. The summed E-state index contributed by atoms with van der Waals surface area (Å²) in [6.45, 7) is 1.63. The molecule has 1 aliphatic heterocycles. The van der Waals surface area contributed by atoms with E-state index >= 15 is 0 Å². The number of nitrogens with zero attached hydrogens (tertiary/aromatic N) is 1. The number of rotatable bonds is 7. The Morgan fingerprint density at radius 3 is 2.33 bits per heavy atom. The van der Waals surface area contributed by atoms with Gasteiger partial charge in [0, 0.05) is 23.7 Å². The van der Waals surface area contributed by atoms with Crippen molar-refractivity contribution in [2.45, 2.75) is 55.9 Å². The zero-order chi connectivity index (χ0) is 26.0. The molecular weight excluding hydrogens is 486 g/mol. The van der Waals surface area contributed by atoms with Crippen LogP contribution in [-0.2, 0) is 19.4 Å². The Morgan fingerprint density at radius 2 is 1.72 bits per heavy atom. The van der Waals surface area contributed by atoms with Gasteiger partial charge >= 0.3 is 0 Å². The van der Waals surface area contributed by atoms with Crippen molar-refractivity contribution in [3.05, 3.63) is 77.0 Å². The molecule has 0 spiro atoms. The third-order valence-electron chi connectivity index (χ3n) is 6.91. The van der Waals surface area contributed by atoms with Gasteiger partial charge in [-0.05, 0) is 55.0 Å². The molecule has 2 aromatic carbocycles. The van der Waals surface area contributed by atoms with Crippen LogP contribution >= 0.6 is 0 Å². The first-order valence-electron chi connectivity index (χ1n) is 11.8. The minimum Gasteiger partial charge on any atom is -0.345 e. The Hall–Kier alpha value is -3.20. The lowest BCUT2D eigenvalue weighted by Gasteiger charge is -2.27. The van der Waals surface area contributed by atoms with Crippen LogP contribution in [0.25, 0.3) is 0 Å². The van der Waals surface area contributed by atoms with E-state index in [9.17, 15) is 26.8 Å². The third-order valence-corrected chi connectivity index (χ3v) is 8.04. The summed E-state index contributed by atoms with van der Waals surface area (Å²) in [5, 5.41) is 2.98. The molecule has 190 valence electrons. The van der Waals surface area contributed by atoms with Crippen LogP contribution in [0.2, 0.25) is 0 Å². The van der Waals surface area contributed by atoms with Crippen molar-refractivity contribution in [1.82, 2.24) is 5.32 Å². The van der Waals surface area contributed by atoms with E-state index in [0.29, 0.717) is 11.3 Å². The van der Waals surface area contributed by atoms with Gasteiger partial charge in [-0.25, -0.2) is 17.2 Å². The van der Waals surface area contributed by atoms with E-state index in [4.69, 9.17) is 0 Å². The minimum atomic E-state index is -3.36. The number of hydrogen-bond donors (Lipinski definition) is 1. The number of benzene rings is 2. The van der Waals surface area contributed by atoms with E-state index < -0.39 is 39.9 Å². The highest BCUT2D eigenvalue weighted by Crippen LogP contribution is 2.37. The number of sulfone groups is 1. The molecule has 0 saturated heterocycles. The third kappa shape index (κ3) is 5.46. The van der Waals surface area contributed by atoms with Crippen LogP contribution in [0.5, 0.6) is 0 Å². The molecule has 36 heavy (non-hydrogen) atoms. The van der Waals surface area contributed by atoms with Gasteiger partial charge < -0.3 is 5.32 Å². The van der Waals surface area contributed by atoms with Gasteiger partial charge in [-0.2, -0.15) is 0 Å². The summed E-state index contributed by atoms with van der Waals surface area (Å²) in [4.78, 5) is 31.2. The number of nitrogens with one attached hydrogen (secondary N) is 1. The summed E-state index contributed by atoms with van der Waals surface area (Å²) >= 11 is 0. The van der Waals surface area contributed by atoms with Crippen LogP contribution < -0.4 is 5.32 Å². The molecule has 2 unspecified atom stereocenters. The first-order valence-corrected chi connectivity index (χ1v) is 13.7. The Balaban J connectivity index is 1.60. The Labute approximate surface area is 209 Å². The topological polar surface area (TPSA) is 92.7 Å². The number of carbonyl (C=O) groups excluding carboxylic acids is 2. The maximum atomic E-state index is 13.4. The lowest BCUT2D eigenvalue weighted by molar-refractivity contribution is -0.123. The predicted octanol–water partition coefficient (Wildman–Crippen LogP) is 5.09. The smallest absolute Gasteiger partial charge is 0.263 e. The van der Waals surface area contributed by atoms with Crippen molar-refractivity contribution >= 4 is 27.2 Å². The molecule has 2 aliphatic rings. The number of alkyl halides is 2. The van der Waals surface area contributed by atoms with Crippen molar-refractivity contribution in [3.63, 3.8) is 0 Å². The van der Waals surface area contributed by atoms with Crippen LogP contribution in [0.4, 0.5) is 8.78 Å². The largest absolute Gasteiger partial charge is 0.345 e. The Morgan fingerprint density at radius 1 is 1.06 bits per heavy atom. The van der Waals surface area contributed by atoms with E-state index in [1.807, 2.05) is 0 Å². The Bertz CT molecular complexity index is 1330. The molecule has 0 radical (unpaired) electrons. The van der Waals surface area contributed by atoms with Gasteiger partial charge in [0.15, 0.2) is 15.6 Å². The monoisotopic (exact) mass is 514 g/mol. The SMILES string of the molecule is CC1=NC=C(C(=O)NC(c2ccc(S(C)(=O)=O)cc2)C2CCCC2)C(=O)C1c1cccc(C(F)F)c1. The molecule has 0 bridgehead atoms. The molecule has 4 rings (SSSR count). The zero-order valence-electron chi connectivity index (χ0n) is 20.1. The first kappa shape index (κ1) is 25.9. The quantitative estimate of drug-likeness (QED) is 0.521. The second kappa shape index (κ2) is 10.4. The summed E-state index contributed by atoms with van der Waals surface area (Å²) in [5.74, 6) is -1.87. The van der Waals surface area contributed by atoms with Gasteiger partial charge in [0.1, 0.15) is 5.57 Å². The second-order valence-electron chi connectivity index (χ2n) is 9.42. The van der Waals surface area contributed by atoms with Crippen LogP contribution in [-0.4, -0.2) is 32.1 Å². The molecule has 2 aromatic rings. The minimum absolute atomic E-state index is 0.135. The average Bonchev–Trinajstić information content (AvgIpc) is 3.37. The van der Waals surface area contributed by atoms with Crippen LogP contribution in [0.3, 0.4) is 0 Å². The van der Waals surface area contributed by atoms with Gasteiger partial charge in [-0.3, -0.25) is 14.6 Å². The van der Waals surface area contributed by atoms with Gasteiger partial charge in [0.05, 0.1) is 16.9 Å². The molecule has 1 aliphatic carbocycles. The van der Waals surface area contributed by atoms with Crippen LogP contribution in [0, 0.1) is 5.92 Å². The van der Waals surface area contributed by atoms with Crippen LogP contribution in [0.1, 0.15) is 67.7 Å². The molecule has 1 amide bonds. The van der Waals surface area contributed by atoms with E-state index in [1.54, 1.807) is 25.1 Å². The molecule has 0 aromatic heterocycles. The lowest BCUT2D eigenvalue weighted by Crippen LogP contribution is -2.38. The fraction of sp³-hybridized carbons (Fsp3) is 0.370. The first-order chi connectivity index (χ1) is 17.1. The van der Waals surface area contributed by atoms with Crippen molar-refractivity contribution in [2.24, 2.45) is 10.9 Å². The number of ketones is 1. The van der Waals surface area contributed by atoms with Gasteiger partial charge in [-0.1, -0.05) is 43.2 Å². The summed E-state index contributed by atoms with van der Waals surface area (Å²) in [6, 6.07) is 11.6. The summed E-state index contributed by atoms with van der Waals surface area (Å²) in [6.07, 6.45) is 3.52. The van der Waals surface area contributed by atoms with Crippen molar-refractivity contribution in [3.8, 4) is 0 Å². The van der Waals surface area contributed by atoms with Crippen molar-refractivity contribution in [2.75, 3.05) is 6.26 Å². The highest BCUT2D eigenvalue weighted by molar-refractivity contribution is 7.90. The van der Waals surface area contributed by atoms with Crippen LogP contribution in [0.15, 0.2) is 70.2 Å². The second-order valence-corrected chi connectivity index (χ2v) is 11.4. The highest BCUT2D eigenvalue weighted by Gasteiger charge is 2.35. The van der Waals surface area contributed by atoms with E-state index in [0.717, 1.165) is 37.5 Å². The maximum Gasteiger partial charge on any atom is 0.263 e. The van der Waals surface area contributed by atoms with Gasteiger partial charge in [-0.15, -0.1) is 0 Å². The van der Waals surface area contributed by atoms with Gasteiger partial charge in [0.25, 0.3) is 12.3 Å². The number of aliphatic imine (C=N–C) groups is 1. The average molecular weight is 515 g/mol. The fourth-order valence-electron chi connectivity index (χ4n) is 4.99. The molecule has 1 fully saturated rings. The number of hydrogen-bond acceptors (Lipinski definition) is 5. The van der Waals surface area contributed by atoms with Gasteiger partial charge in [0.2, 0.25) is 0 Å². The summed E-state index contributed by atoms with van der Waals surface area (Å²) in [5.41, 5.74) is 1.21. The zero-order valence-corrected chi connectivity index (χ0v) is 20.9. The molecule has 6 nitrogen and oxygen atoms in total. The van der Waals surface area contributed by atoms with E-state index in [2.05, 4.69) is 10.3 Å². The normalized spacial score (nSPS) is 19.7. The summed E-state index contributed by atoms with van der Waals surface area (Å²) in [7, 11) is -3.36. The van der Waals surface area contributed by atoms with E-state index in [-0.39, 0.29) is 21.9 Å². The van der Waals surface area contributed by atoms with E-state index in [1.165, 1.54) is 36.5 Å². The van der Waals surface area contributed by atoms with Crippen molar-refractivity contribution in [1.29, 1.82) is 0 Å². The maximum absolute atomic E-state index is 13.4.